The van der Waals surface area contributed by atoms with E-state index in [1.165, 1.54) is 5.56 Å². The molecule has 0 bridgehead atoms. The zero-order valence-electron chi connectivity index (χ0n) is 15.2. The summed E-state index contributed by atoms with van der Waals surface area (Å²) >= 11 is 12.1. The molecule has 26 heavy (non-hydrogen) atoms. The molecule has 0 unspecified atom stereocenters. The topological polar surface area (TPSA) is 50.6 Å². The lowest BCUT2D eigenvalue weighted by atomic mass is 10.1. The molecular weight excluding hydrogens is 486 g/mol. The maximum absolute atomic E-state index is 6.08. The monoisotopic (exact) mass is 510 g/mol. The van der Waals surface area contributed by atoms with E-state index in [-0.39, 0.29) is 24.0 Å². The second kappa shape index (κ2) is 11.6. The quantitative estimate of drug-likeness (QED) is 0.253. The summed E-state index contributed by atoms with van der Waals surface area (Å²) in [5, 5.41) is 7.68. The fourth-order valence-electron chi connectivity index (χ4n) is 2.48. The molecule has 0 radical (unpaired) electrons. The SMILES string of the molecule is CN=C(NCCCc1cccc(OC)c1)NCc1cc(Cl)c(Cl)n1C.I. The Hall–Kier alpha value is -1.12. The third-order valence-corrected chi connectivity index (χ3v) is 4.79. The highest BCUT2D eigenvalue weighted by molar-refractivity contribution is 14.0. The standard InChI is InChI=1S/C18H24Cl2N4O.HI/c1-21-18(23-12-14-11-16(19)17(20)24(14)2)22-9-5-7-13-6-4-8-15(10-13)25-3;/h4,6,8,10-11H,5,7,9,12H2,1-3H3,(H2,21,22,23);1H. The average Bonchev–Trinajstić information content (AvgIpc) is 2.88. The Morgan fingerprint density at radius 2 is 2.00 bits per heavy atom. The second-order valence-corrected chi connectivity index (χ2v) is 6.41. The summed E-state index contributed by atoms with van der Waals surface area (Å²) in [6, 6.07) is 10.00. The molecule has 2 rings (SSSR count). The number of nitrogens with one attached hydrogen (secondary N) is 2. The van der Waals surface area contributed by atoms with Gasteiger partial charge in [0.15, 0.2) is 5.96 Å². The van der Waals surface area contributed by atoms with E-state index in [0.717, 1.165) is 36.8 Å². The average molecular weight is 511 g/mol. The van der Waals surface area contributed by atoms with Crippen LogP contribution < -0.4 is 15.4 Å². The summed E-state index contributed by atoms with van der Waals surface area (Å²) in [6.45, 7) is 1.42. The van der Waals surface area contributed by atoms with Gasteiger partial charge in [-0.2, -0.15) is 0 Å². The highest BCUT2D eigenvalue weighted by atomic mass is 127. The molecule has 144 valence electrons. The van der Waals surface area contributed by atoms with Crippen LogP contribution in [0.1, 0.15) is 17.7 Å². The van der Waals surface area contributed by atoms with Crippen molar-refractivity contribution >= 4 is 53.1 Å². The lowest BCUT2D eigenvalue weighted by Gasteiger charge is -2.12. The Bertz CT molecular complexity index is 734. The minimum atomic E-state index is 0. The number of benzene rings is 1. The van der Waals surface area contributed by atoms with E-state index >= 15 is 0 Å². The van der Waals surface area contributed by atoms with E-state index in [1.807, 2.05) is 29.8 Å². The van der Waals surface area contributed by atoms with Crippen LogP contribution in [-0.2, 0) is 20.0 Å². The van der Waals surface area contributed by atoms with Crippen LogP contribution in [0.5, 0.6) is 5.75 Å². The Balaban J connectivity index is 0.00000338. The van der Waals surface area contributed by atoms with E-state index in [2.05, 4.69) is 27.8 Å². The maximum Gasteiger partial charge on any atom is 0.191 e. The number of aromatic nitrogens is 1. The van der Waals surface area contributed by atoms with Gasteiger partial charge in [-0.05, 0) is 36.6 Å². The van der Waals surface area contributed by atoms with Gasteiger partial charge in [-0.1, -0.05) is 35.3 Å². The Kier molecular flexibility index (Phi) is 10.2. The molecule has 8 heteroatoms. The van der Waals surface area contributed by atoms with Crippen LogP contribution in [0.25, 0.3) is 0 Å². The molecule has 0 aliphatic heterocycles. The van der Waals surface area contributed by atoms with E-state index in [0.29, 0.717) is 16.7 Å². The zero-order chi connectivity index (χ0) is 18.2. The number of hydrogen-bond donors (Lipinski definition) is 2. The van der Waals surface area contributed by atoms with E-state index in [9.17, 15) is 0 Å². The van der Waals surface area contributed by atoms with Gasteiger partial charge in [-0.3, -0.25) is 4.99 Å². The summed E-state index contributed by atoms with van der Waals surface area (Å²) in [7, 11) is 5.32. The molecule has 0 aliphatic carbocycles. The molecule has 1 aromatic carbocycles. The van der Waals surface area contributed by atoms with Crippen LogP contribution >= 0.6 is 47.2 Å². The summed E-state index contributed by atoms with van der Waals surface area (Å²) in [6.07, 6.45) is 1.97. The van der Waals surface area contributed by atoms with Gasteiger partial charge in [0.1, 0.15) is 10.9 Å². The first-order valence-corrected chi connectivity index (χ1v) is 8.87. The third-order valence-electron chi connectivity index (χ3n) is 3.95. The van der Waals surface area contributed by atoms with Crippen molar-refractivity contribution in [3.8, 4) is 5.75 Å². The summed E-state index contributed by atoms with van der Waals surface area (Å²) in [4.78, 5) is 4.23. The van der Waals surface area contributed by atoms with Crippen molar-refractivity contribution in [1.82, 2.24) is 15.2 Å². The number of hydrogen-bond acceptors (Lipinski definition) is 2. The largest absolute Gasteiger partial charge is 0.497 e. The van der Waals surface area contributed by atoms with E-state index in [4.69, 9.17) is 27.9 Å². The molecule has 1 heterocycles. The number of aryl methyl sites for hydroxylation is 1. The molecule has 0 amide bonds. The molecule has 0 atom stereocenters. The van der Waals surface area contributed by atoms with Crippen molar-refractivity contribution in [2.75, 3.05) is 20.7 Å². The normalized spacial score (nSPS) is 11.0. The number of nitrogens with zero attached hydrogens (tertiary/aromatic N) is 2. The first-order chi connectivity index (χ1) is 12.0. The predicted molar refractivity (Wildman–Crippen MR) is 120 cm³/mol. The molecule has 0 saturated heterocycles. The lowest BCUT2D eigenvalue weighted by molar-refractivity contribution is 0.414. The number of halogens is 3. The van der Waals surface area contributed by atoms with Gasteiger partial charge in [0, 0.05) is 26.3 Å². The van der Waals surface area contributed by atoms with Crippen LogP contribution in [0.3, 0.4) is 0 Å². The second-order valence-electron chi connectivity index (χ2n) is 5.64. The van der Waals surface area contributed by atoms with Gasteiger partial charge >= 0.3 is 0 Å². The minimum Gasteiger partial charge on any atom is -0.497 e. The van der Waals surface area contributed by atoms with Crippen LogP contribution in [0.2, 0.25) is 10.2 Å². The van der Waals surface area contributed by atoms with Gasteiger partial charge in [0.05, 0.1) is 18.7 Å². The molecule has 2 N–H and O–H groups in total. The van der Waals surface area contributed by atoms with Crippen molar-refractivity contribution in [3.05, 3.63) is 51.8 Å². The maximum atomic E-state index is 6.08. The minimum absolute atomic E-state index is 0. The molecular formula is C18H25Cl2IN4O. The zero-order valence-corrected chi connectivity index (χ0v) is 19.0. The fourth-order valence-corrected chi connectivity index (χ4v) is 2.90. The molecule has 0 spiro atoms. The van der Waals surface area contributed by atoms with Crippen molar-refractivity contribution in [1.29, 1.82) is 0 Å². The van der Waals surface area contributed by atoms with Gasteiger partial charge in [0.25, 0.3) is 0 Å². The first kappa shape index (κ1) is 22.9. The summed E-state index contributed by atoms with van der Waals surface area (Å²) < 4.78 is 7.10. The smallest absolute Gasteiger partial charge is 0.191 e. The fraction of sp³-hybridized carbons (Fsp3) is 0.389. The first-order valence-electron chi connectivity index (χ1n) is 8.12. The Labute approximate surface area is 182 Å². The van der Waals surface area contributed by atoms with E-state index < -0.39 is 0 Å². The van der Waals surface area contributed by atoms with Crippen molar-refractivity contribution in [2.45, 2.75) is 19.4 Å². The van der Waals surface area contributed by atoms with Crippen molar-refractivity contribution in [2.24, 2.45) is 12.0 Å². The predicted octanol–water partition coefficient (Wildman–Crippen LogP) is 4.26. The van der Waals surface area contributed by atoms with Gasteiger partial charge < -0.3 is 19.9 Å². The Morgan fingerprint density at radius 3 is 2.62 bits per heavy atom. The molecule has 0 fully saturated rings. The number of methoxy groups -OCH3 is 1. The molecule has 0 aliphatic rings. The summed E-state index contributed by atoms with van der Waals surface area (Å²) in [5.41, 5.74) is 2.26. The van der Waals surface area contributed by atoms with Crippen LogP contribution in [0.15, 0.2) is 35.3 Å². The number of guanidine groups is 1. The van der Waals surface area contributed by atoms with Crippen LogP contribution in [0, 0.1) is 0 Å². The molecule has 5 nitrogen and oxygen atoms in total. The van der Waals surface area contributed by atoms with Gasteiger partial charge in [-0.25, -0.2) is 0 Å². The highest BCUT2D eigenvalue weighted by Gasteiger charge is 2.09. The van der Waals surface area contributed by atoms with E-state index in [1.54, 1.807) is 14.2 Å². The number of ether oxygens (including phenoxy) is 1. The molecule has 2 aromatic rings. The Morgan fingerprint density at radius 1 is 1.23 bits per heavy atom. The third kappa shape index (κ3) is 6.55. The van der Waals surface area contributed by atoms with Gasteiger partial charge in [0.2, 0.25) is 0 Å². The van der Waals surface area contributed by atoms with Crippen molar-refractivity contribution < 1.29 is 4.74 Å². The lowest BCUT2D eigenvalue weighted by Crippen LogP contribution is -2.37. The van der Waals surface area contributed by atoms with Crippen LogP contribution in [0.4, 0.5) is 0 Å². The van der Waals surface area contributed by atoms with Crippen LogP contribution in [-0.4, -0.2) is 31.2 Å². The highest BCUT2D eigenvalue weighted by Crippen LogP contribution is 2.24. The number of rotatable bonds is 7. The van der Waals surface area contributed by atoms with Crippen molar-refractivity contribution in [3.63, 3.8) is 0 Å². The summed E-state index contributed by atoms with van der Waals surface area (Å²) in [5.74, 6) is 1.64. The number of aliphatic imine (C=N–C) groups is 1. The molecule has 0 saturated carbocycles. The molecule has 1 aromatic heterocycles. The van der Waals surface area contributed by atoms with Gasteiger partial charge in [-0.15, -0.1) is 24.0 Å².